The maximum atomic E-state index is 13.1. The van der Waals surface area contributed by atoms with Gasteiger partial charge in [0.05, 0.1) is 0 Å². The van der Waals surface area contributed by atoms with Gasteiger partial charge in [0.2, 0.25) is 0 Å². The van der Waals surface area contributed by atoms with Crippen LogP contribution < -0.4 is 0 Å². The van der Waals surface area contributed by atoms with Crippen molar-refractivity contribution in [2.24, 2.45) is 10.8 Å². The highest BCUT2D eigenvalue weighted by molar-refractivity contribution is 6.05. The van der Waals surface area contributed by atoms with Gasteiger partial charge in [-0.2, -0.15) is 0 Å². The summed E-state index contributed by atoms with van der Waals surface area (Å²) in [5, 5.41) is 10.8. The molecule has 2 aliphatic rings. The second-order valence-electron chi connectivity index (χ2n) is 9.65. The van der Waals surface area contributed by atoms with Crippen molar-refractivity contribution in [1.82, 2.24) is 4.98 Å². The van der Waals surface area contributed by atoms with Crippen LogP contribution in [0.25, 0.3) is 0 Å². The first-order valence-corrected chi connectivity index (χ1v) is 9.59. The predicted octanol–water partition coefficient (Wildman–Crippen LogP) is 5.07. The van der Waals surface area contributed by atoms with E-state index >= 15 is 0 Å². The van der Waals surface area contributed by atoms with Crippen molar-refractivity contribution >= 4 is 11.6 Å². The van der Waals surface area contributed by atoms with Crippen LogP contribution in [-0.4, -0.2) is 21.7 Å². The standard InChI is InChI=1S/C23H29NO3/c1-14-10-22(2,3)11-16(25)19(14)20(15-6-8-24-9-7-15)21-17(26)12-23(4,5)13-18(21)27/h6-9,20,26H,10-13H2,1-5H3. The Kier molecular flexibility index (Phi) is 4.87. The lowest BCUT2D eigenvalue weighted by molar-refractivity contribution is -0.119. The number of ketones is 2. The Hall–Kier alpha value is -2.23. The molecular weight excluding hydrogens is 338 g/mol. The van der Waals surface area contributed by atoms with Crippen LogP contribution in [0.1, 0.15) is 71.8 Å². The molecule has 0 radical (unpaired) electrons. The van der Waals surface area contributed by atoms with Gasteiger partial charge in [-0.05, 0) is 41.9 Å². The SMILES string of the molecule is CC1=C(C(C2=C(O)CC(C)(C)CC2=O)c2ccncc2)C(=O)CC(C)(C)C1. The Morgan fingerprint density at radius 1 is 0.889 bits per heavy atom. The first-order valence-electron chi connectivity index (χ1n) is 9.59. The third kappa shape index (κ3) is 3.90. The van der Waals surface area contributed by atoms with Crippen LogP contribution in [0.5, 0.6) is 0 Å². The molecule has 3 rings (SSSR count). The smallest absolute Gasteiger partial charge is 0.163 e. The number of aliphatic hydroxyl groups excluding tert-OH is 1. The van der Waals surface area contributed by atoms with Crippen molar-refractivity contribution < 1.29 is 14.7 Å². The van der Waals surface area contributed by atoms with Crippen LogP contribution in [0.4, 0.5) is 0 Å². The molecule has 4 heteroatoms. The summed E-state index contributed by atoms with van der Waals surface area (Å²) in [5.74, 6) is -0.386. The Bertz CT molecular complexity index is 792. The van der Waals surface area contributed by atoms with Crippen LogP contribution >= 0.6 is 0 Å². The zero-order valence-corrected chi connectivity index (χ0v) is 16.9. The third-order valence-electron chi connectivity index (χ3n) is 5.66. The summed E-state index contributed by atoms with van der Waals surface area (Å²) in [6.45, 7) is 10.1. The predicted molar refractivity (Wildman–Crippen MR) is 105 cm³/mol. The molecule has 1 unspecified atom stereocenters. The highest BCUT2D eigenvalue weighted by Gasteiger charge is 2.42. The summed E-state index contributed by atoms with van der Waals surface area (Å²) in [7, 11) is 0. The van der Waals surface area contributed by atoms with Crippen molar-refractivity contribution in [3.8, 4) is 0 Å². The van der Waals surface area contributed by atoms with Gasteiger partial charge in [0.15, 0.2) is 11.6 Å². The molecule has 144 valence electrons. The monoisotopic (exact) mass is 367 g/mol. The topological polar surface area (TPSA) is 67.3 Å². The number of carbonyl (C=O) groups is 2. The number of allylic oxidation sites excluding steroid dienone is 4. The van der Waals surface area contributed by atoms with Gasteiger partial charge < -0.3 is 5.11 Å². The minimum Gasteiger partial charge on any atom is -0.512 e. The van der Waals surface area contributed by atoms with E-state index in [1.54, 1.807) is 12.4 Å². The molecule has 0 saturated carbocycles. The molecule has 1 aromatic rings. The summed E-state index contributed by atoms with van der Waals surface area (Å²) in [6, 6.07) is 3.68. The van der Waals surface area contributed by atoms with Gasteiger partial charge >= 0.3 is 0 Å². The molecule has 0 aliphatic heterocycles. The zero-order valence-electron chi connectivity index (χ0n) is 16.9. The molecular formula is C23H29NO3. The number of aliphatic hydroxyl groups is 1. The van der Waals surface area contributed by atoms with Gasteiger partial charge in [0.1, 0.15) is 5.76 Å². The van der Waals surface area contributed by atoms with E-state index in [0.29, 0.717) is 30.4 Å². The number of aromatic nitrogens is 1. The minimum atomic E-state index is -0.514. The quantitative estimate of drug-likeness (QED) is 0.810. The highest BCUT2D eigenvalue weighted by atomic mass is 16.3. The molecule has 4 nitrogen and oxygen atoms in total. The van der Waals surface area contributed by atoms with Crippen molar-refractivity contribution in [2.45, 2.75) is 66.2 Å². The van der Waals surface area contributed by atoms with Gasteiger partial charge in [-0.15, -0.1) is 0 Å². The molecule has 0 saturated heterocycles. The van der Waals surface area contributed by atoms with E-state index in [2.05, 4.69) is 18.8 Å². The van der Waals surface area contributed by atoms with E-state index in [-0.39, 0.29) is 28.2 Å². The van der Waals surface area contributed by atoms with Gasteiger partial charge in [-0.3, -0.25) is 14.6 Å². The van der Waals surface area contributed by atoms with Crippen LogP contribution in [0.2, 0.25) is 0 Å². The van der Waals surface area contributed by atoms with Gasteiger partial charge in [0.25, 0.3) is 0 Å². The molecule has 0 fully saturated rings. The fourth-order valence-electron chi connectivity index (χ4n) is 4.71. The zero-order chi connectivity index (χ0) is 20.0. The number of carbonyl (C=O) groups excluding carboxylic acids is 2. The molecule has 0 spiro atoms. The lowest BCUT2D eigenvalue weighted by Crippen LogP contribution is -2.33. The van der Waals surface area contributed by atoms with Crippen molar-refractivity contribution in [2.75, 3.05) is 0 Å². The number of hydrogen-bond acceptors (Lipinski definition) is 4. The molecule has 0 aromatic carbocycles. The summed E-state index contributed by atoms with van der Waals surface area (Å²) in [6.07, 6.45) is 5.43. The minimum absolute atomic E-state index is 0.0662. The number of rotatable bonds is 3. The third-order valence-corrected chi connectivity index (χ3v) is 5.66. The lowest BCUT2D eigenvalue weighted by Gasteiger charge is -2.37. The molecule has 1 aromatic heterocycles. The number of hydrogen-bond donors (Lipinski definition) is 1. The highest BCUT2D eigenvalue weighted by Crippen LogP contribution is 2.48. The van der Waals surface area contributed by atoms with Crippen molar-refractivity contribution in [3.05, 3.63) is 52.6 Å². The Balaban J connectivity index is 2.20. The molecule has 1 N–H and O–H groups in total. The van der Waals surface area contributed by atoms with Crippen LogP contribution in [0.15, 0.2) is 47.0 Å². The average Bonchev–Trinajstić information content (AvgIpc) is 2.50. The second-order valence-corrected chi connectivity index (χ2v) is 9.65. The molecule has 1 atom stereocenters. The average molecular weight is 367 g/mol. The van der Waals surface area contributed by atoms with Crippen molar-refractivity contribution in [1.29, 1.82) is 0 Å². The van der Waals surface area contributed by atoms with Gasteiger partial charge in [0, 0.05) is 48.7 Å². The molecule has 2 aliphatic carbocycles. The largest absolute Gasteiger partial charge is 0.512 e. The Morgan fingerprint density at radius 2 is 1.41 bits per heavy atom. The summed E-state index contributed by atoms with van der Waals surface area (Å²) in [5.41, 5.74) is 2.56. The van der Waals surface area contributed by atoms with E-state index in [4.69, 9.17) is 0 Å². The van der Waals surface area contributed by atoms with E-state index in [1.165, 1.54) is 0 Å². The maximum Gasteiger partial charge on any atom is 0.163 e. The normalized spacial score (nSPS) is 23.6. The molecule has 27 heavy (non-hydrogen) atoms. The Labute approximate surface area is 161 Å². The van der Waals surface area contributed by atoms with Crippen LogP contribution in [-0.2, 0) is 9.59 Å². The number of Topliss-reactive ketones (excluding diaryl/α,β-unsaturated/α-hetero) is 2. The van der Waals surface area contributed by atoms with Crippen molar-refractivity contribution in [3.63, 3.8) is 0 Å². The van der Waals surface area contributed by atoms with Crippen LogP contribution in [0.3, 0.4) is 0 Å². The summed E-state index contributed by atoms with van der Waals surface area (Å²) in [4.78, 5) is 30.3. The summed E-state index contributed by atoms with van der Waals surface area (Å²) >= 11 is 0. The first kappa shape index (κ1) is 19.5. The molecule has 0 bridgehead atoms. The lowest BCUT2D eigenvalue weighted by atomic mass is 9.66. The molecule has 0 amide bonds. The van der Waals surface area contributed by atoms with E-state index in [0.717, 1.165) is 17.6 Å². The van der Waals surface area contributed by atoms with E-state index < -0.39 is 5.92 Å². The van der Waals surface area contributed by atoms with Gasteiger partial charge in [-0.1, -0.05) is 33.3 Å². The fourth-order valence-corrected chi connectivity index (χ4v) is 4.71. The second kappa shape index (κ2) is 6.74. The maximum absolute atomic E-state index is 13.1. The summed E-state index contributed by atoms with van der Waals surface area (Å²) < 4.78 is 0. The van der Waals surface area contributed by atoms with Crippen LogP contribution in [0, 0.1) is 10.8 Å². The van der Waals surface area contributed by atoms with E-state index in [9.17, 15) is 14.7 Å². The number of pyridine rings is 1. The Morgan fingerprint density at radius 3 is 1.93 bits per heavy atom. The fraction of sp³-hybridized carbons (Fsp3) is 0.522. The van der Waals surface area contributed by atoms with E-state index in [1.807, 2.05) is 32.9 Å². The number of nitrogens with zero attached hydrogens (tertiary/aromatic N) is 1. The van der Waals surface area contributed by atoms with Gasteiger partial charge in [-0.25, -0.2) is 0 Å². The molecule has 1 heterocycles. The first-order chi connectivity index (χ1) is 12.5.